The van der Waals surface area contributed by atoms with Crippen molar-refractivity contribution >= 4 is 29.7 Å². The van der Waals surface area contributed by atoms with Gasteiger partial charge in [0.2, 0.25) is 0 Å². The van der Waals surface area contributed by atoms with E-state index in [1.165, 1.54) is 0 Å². The summed E-state index contributed by atoms with van der Waals surface area (Å²) in [5, 5.41) is 8.67. The quantitative estimate of drug-likeness (QED) is 0.358. The first-order chi connectivity index (χ1) is 16.3. The van der Waals surface area contributed by atoms with Gasteiger partial charge in [-0.3, -0.25) is 4.99 Å². The topological polar surface area (TPSA) is 71.3 Å². The molecule has 0 spiro atoms. The first kappa shape index (κ1) is 25.5. The molecule has 1 aliphatic carbocycles. The van der Waals surface area contributed by atoms with Gasteiger partial charge in [0.05, 0.1) is 23.5 Å². The number of benzene rings is 1. The Bertz CT molecular complexity index is 1170. The summed E-state index contributed by atoms with van der Waals surface area (Å²) in [6, 6.07) is 10.2. The summed E-state index contributed by atoms with van der Waals surface area (Å²) < 4.78 is 2.08. The van der Waals surface area contributed by atoms with E-state index in [0.29, 0.717) is 17.5 Å². The zero-order valence-corrected chi connectivity index (χ0v) is 21.4. The van der Waals surface area contributed by atoms with Crippen molar-refractivity contribution in [3.63, 3.8) is 0 Å². The van der Waals surface area contributed by atoms with Gasteiger partial charge in [-0.05, 0) is 68.5 Å². The van der Waals surface area contributed by atoms with E-state index in [9.17, 15) is 0 Å². The number of nitrogens with two attached hydrogens (primary N) is 1. The van der Waals surface area contributed by atoms with Crippen LogP contribution in [0.1, 0.15) is 50.3 Å². The van der Waals surface area contributed by atoms with E-state index in [4.69, 9.17) is 22.3 Å². The molecule has 2 aromatic rings. The van der Waals surface area contributed by atoms with Crippen molar-refractivity contribution in [2.24, 2.45) is 20.9 Å². The van der Waals surface area contributed by atoms with Crippen LogP contribution in [-0.2, 0) is 6.54 Å². The average Bonchev–Trinajstić information content (AvgIpc) is 3.66. The van der Waals surface area contributed by atoms with Crippen molar-refractivity contribution in [3.8, 4) is 0 Å². The highest BCUT2D eigenvalue weighted by Gasteiger charge is 2.29. The molecule has 1 atom stereocenters. The second-order valence-corrected chi connectivity index (χ2v) is 8.98. The molecule has 6 nitrogen and oxygen atoms in total. The van der Waals surface area contributed by atoms with Crippen LogP contribution in [-0.4, -0.2) is 30.1 Å². The number of aryl methyl sites for hydroxylation is 2. The van der Waals surface area contributed by atoms with Crippen molar-refractivity contribution in [2.75, 3.05) is 11.9 Å². The van der Waals surface area contributed by atoms with Gasteiger partial charge in [0.25, 0.3) is 0 Å². The minimum atomic E-state index is -0.183. The zero-order chi connectivity index (χ0) is 24.8. The van der Waals surface area contributed by atoms with Gasteiger partial charge >= 0.3 is 0 Å². The number of allylic oxidation sites excluding steroid dienone is 2. The van der Waals surface area contributed by atoms with Crippen molar-refractivity contribution in [1.29, 1.82) is 0 Å². The molecule has 0 bridgehead atoms. The number of pyridine rings is 1. The molecule has 1 fully saturated rings. The maximum atomic E-state index is 6.68. The molecule has 1 heterocycles. The van der Waals surface area contributed by atoms with Crippen LogP contribution in [0, 0.1) is 6.92 Å². The Kier molecular flexibility index (Phi) is 8.51. The number of likely N-dealkylation sites (N-methyl/N-ethyl adjacent to an activating group) is 1. The largest absolute Gasteiger partial charge is 0.402 e. The van der Waals surface area contributed by atoms with E-state index in [-0.39, 0.29) is 6.04 Å². The lowest BCUT2D eigenvalue weighted by Gasteiger charge is -2.34. The molecule has 1 aliphatic rings. The monoisotopic (exact) mass is 478 g/mol. The summed E-state index contributed by atoms with van der Waals surface area (Å²) in [5.41, 5.74) is 13.2. The van der Waals surface area contributed by atoms with E-state index in [1.54, 1.807) is 0 Å². The number of anilines is 1. The van der Waals surface area contributed by atoms with Crippen molar-refractivity contribution in [3.05, 3.63) is 82.1 Å². The molecule has 0 radical (unpaired) electrons. The van der Waals surface area contributed by atoms with Crippen LogP contribution in [0.4, 0.5) is 5.69 Å². The second kappa shape index (κ2) is 11.3. The first-order valence-corrected chi connectivity index (χ1v) is 12.1. The molecule has 34 heavy (non-hydrogen) atoms. The standard InChI is InChI=1S/C27H35ClN6/c1-7-23(29)25(24(8-2)31-21-14-15-21)26(19-10-12-20(28)13-11-19)33(6)22-16-18(4)27(32-30-5)34(9-3)17-22/h8,10-13,16-17,21,26H,2,5,7,9,14-15,29H2,1,3-4,6H3/b25-23?,31-24?,32-27-. The predicted octanol–water partition coefficient (Wildman–Crippen LogP) is 5.58. The number of rotatable bonds is 10. The van der Waals surface area contributed by atoms with Gasteiger partial charge in [-0.15, -0.1) is 5.10 Å². The lowest BCUT2D eigenvalue weighted by atomic mass is 9.90. The zero-order valence-electron chi connectivity index (χ0n) is 20.6. The summed E-state index contributed by atoms with van der Waals surface area (Å²) in [6.45, 7) is 14.5. The number of hydrogen-bond acceptors (Lipinski definition) is 5. The van der Waals surface area contributed by atoms with Gasteiger partial charge in [-0.1, -0.05) is 37.2 Å². The summed E-state index contributed by atoms with van der Waals surface area (Å²) in [7, 11) is 2.08. The molecular formula is C27H35ClN6. The normalized spacial score (nSPS) is 16.1. The van der Waals surface area contributed by atoms with E-state index in [2.05, 4.69) is 78.3 Å². The Morgan fingerprint density at radius 3 is 2.50 bits per heavy atom. The number of nitrogens with zero attached hydrogens (tertiary/aromatic N) is 5. The molecule has 1 aromatic carbocycles. The maximum absolute atomic E-state index is 6.68. The van der Waals surface area contributed by atoms with Gasteiger partial charge in [0, 0.05) is 42.8 Å². The fourth-order valence-electron chi connectivity index (χ4n) is 4.09. The van der Waals surface area contributed by atoms with E-state index in [1.807, 2.05) is 25.1 Å². The number of hydrogen-bond donors (Lipinski definition) is 1. The van der Waals surface area contributed by atoms with Gasteiger partial charge in [-0.2, -0.15) is 5.10 Å². The van der Waals surface area contributed by atoms with E-state index >= 15 is 0 Å². The Morgan fingerprint density at radius 1 is 1.29 bits per heavy atom. The lowest BCUT2D eigenvalue weighted by molar-refractivity contribution is 0.687. The average molecular weight is 479 g/mol. The van der Waals surface area contributed by atoms with Crippen LogP contribution in [0.5, 0.6) is 0 Å². The molecule has 0 aliphatic heterocycles. The Hall–Kier alpha value is -3.12. The van der Waals surface area contributed by atoms with Crippen LogP contribution in [0.25, 0.3) is 0 Å². The summed E-state index contributed by atoms with van der Waals surface area (Å²) in [6.07, 6.45) is 6.85. The fraction of sp³-hybridized carbons (Fsp3) is 0.370. The van der Waals surface area contributed by atoms with Crippen LogP contribution in [0.15, 0.2) is 75.6 Å². The molecule has 180 valence electrons. The van der Waals surface area contributed by atoms with Crippen LogP contribution in [0.3, 0.4) is 0 Å². The highest BCUT2D eigenvalue weighted by Crippen LogP contribution is 2.36. The summed E-state index contributed by atoms with van der Waals surface area (Å²) in [5.74, 6) is 0. The molecule has 7 heteroatoms. The summed E-state index contributed by atoms with van der Waals surface area (Å²) >= 11 is 6.24. The van der Waals surface area contributed by atoms with Gasteiger partial charge in [0.15, 0.2) is 5.49 Å². The minimum absolute atomic E-state index is 0.183. The van der Waals surface area contributed by atoms with Crippen LogP contribution >= 0.6 is 11.6 Å². The molecule has 3 rings (SSSR count). The highest BCUT2D eigenvalue weighted by molar-refractivity contribution is 6.30. The summed E-state index contributed by atoms with van der Waals surface area (Å²) in [4.78, 5) is 7.21. The molecule has 1 unspecified atom stereocenters. The maximum Gasteiger partial charge on any atom is 0.158 e. The van der Waals surface area contributed by atoms with Gasteiger partial charge < -0.3 is 15.2 Å². The third-order valence-corrected chi connectivity index (χ3v) is 6.35. The third kappa shape index (κ3) is 5.68. The predicted molar refractivity (Wildman–Crippen MR) is 145 cm³/mol. The van der Waals surface area contributed by atoms with Gasteiger partial charge in [-0.25, -0.2) is 0 Å². The third-order valence-electron chi connectivity index (χ3n) is 6.10. The van der Waals surface area contributed by atoms with E-state index in [0.717, 1.165) is 58.7 Å². The van der Waals surface area contributed by atoms with E-state index < -0.39 is 0 Å². The second-order valence-electron chi connectivity index (χ2n) is 8.54. The minimum Gasteiger partial charge on any atom is -0.402 e. The van der Waals surface area contributed by atoms with Gasteiger partial charge in [0.1, 0.15) is 0 Å². The smallest absolute Gasteiger partial charge is 0.158 e. The Morgan fingerprint density at radius 2 is 1.97 bits per heavy atom. The molecule has 1 saturated carbocycles. The number of aliphatic imine (C=N–C) groups is 1. The van der Waals surface area contributed by atoms with Crippen LogP contribution in [0.2, 0.25) is 5.02 Å². The Balaban J connectivity index is 2.25. The van der Waals surface area contributed by atoms with Crippen LogP contribution < -0.4 is 16.1 Å². The highest BCUT2D eigenvalue weighted by atomic mass is 35.5. The first-order valence-electron chi connectivity index (χ1n) is 11.7. The SMILES string of the molecule is C=CC(=NC1CC1)C(=C(N)CC)C(c1ccc(Cl)cc1)N(C)c1cc(C)/c(=N/N=C)n(CC)c1. The number of halogens is 1. The number of aromatic nitrogens is 1. The lowest BCUT2D eigenvalue weighted by Crippen LogP contribution is -2.32. The molecular weight excluding hydrogens is 444 g/mol. The molecule has 0 amide bonds. The van der Waals surface area contributed by atoms with Crippen molar-refractivity contribution < 1.29 is 0 Å². The molecule has 2 N–H and O–H groups in total. The fourth-order valence-corrected chi connectivity index (χ4v) is 4.22. The van der Waals surface area contributed by atoms with Crippen molar-refractivity contribution in [2.45, 2.75) is 58.7 Å². The Labute approximate surface area is 207 Å². The molecule has 0 saturated heterocycles. The molecule has 1 aromatic heterocycles. The van der Waals surface area contributed by atoms with Crippen molar-refractivity contribution in [1.82, 2.24) is 4.57 Å².